The van der Waals surface area contributed by atoms with Crippen LogP contribution in [-0.4, -0.2) is 33.3 Å². The van der Waals surface area contributed by atoms with Crippen LogP contribution in [0.4, 0.5) is 5.69 Å². The molecule has 0 saturated carbocycles. The molecule has 0 aliphatic carbocycles. The monoisotopic (exact) mass is 429 g/mol. The SMILES string of the molecule is CC(=O)NCCNC(=O)c1ccccc1NS(=O)(=O)c1ccc(Cl)c(Cl)c1. The van der Waals surface area contributed by atoms with E-state index in [0.717, 1.165) is 0 Å². The number of para-hydroxylation sites is 1. The standard InChI is InChI=1S/C17H17Cl2N3O4S/c1-11(23)20-8-9-21-17(24)13-4-2-3-5-16(13)22-27(25,26)12-6-7-14(18)15(19)10-12/h2-7,10,22H,8-9H2,1H3,(H,20,23)(H,21,24). The number of rotatable bonds is 7. The number of benzene rings is 2. The highest BCUT2D eigenvalue weighted by atomic mass is 35.5. The summed E-state index contributed by atoms with van der Waals surface area (Å²) < 4.78 is 27.5. The quantitative estimate of drug-likeness (QED) is 0.588. The zero-order valence-corrected chi connectivity index (χ0v) is 16.6. The molecule has 0 atom stereocenters. The van der Waals surface area contributed by atoms with Gasteiger partial charge in [0.2, 0.25) is 5.91 Å². The number of carbonyl (C=O) groups excluding carboxylic acids is 2. The molecule has 0 aliphatic heterocycles. The lowest BCUT2D eigenvalue weighted by Gasteiger charge is -2.13. The van der Waals surface area contributed by atoms with Crippen molar-refractivity contribution >= 4 is 50.7 Å². The third kappa shape index (κ3) is 5.85. The Balaban J connectivity index is 2.18. The molecule has 0 heterocycles. The van der Waals surface area contributed by atoms with Crippen LogP contribution in [0.1, 0.15) is 17.3 Å². The van der Waals surface area contributed by atoms with Gasteiger partial charge in [-0.1, -0.05) is 35.3 Å². The molecular formula is C17H17Cl2N3O4S. The first kappa shape index (κ1) is 21.0. The Morgan fingerprint density at radius 3 is 2.30 bits per heavy atom. The van der Waals surface area contributed by atoms with E-state index in [-0.39, 0.29) is 45.2 Å². The van der Waals surface area contributed by atoms with E-state index in [4.69, 9.17) is 23.2 Å². The third-order valence-corrected chi connectivity index (χ3v) is 5.50. The smallest absolute Gasteiger partial charge is 0.261 e. The molecule has 0 saturated heterocycles. The van der Waals surface area contributed by atoms with Crippen LogP contribution in [0.3, 0.4) is 0 Å². The second-order valence-corrected chi connectivity index (χ2v) is 7.96. The van der Waals surface area contributed by atoms with Crippen LogP contribution in [0.2, 0.25) is 10.0 Å². The van der Waals surface area contributed by atoms with Gasteiger partial charge in [0.15, 0.2) is 0 Å². The Morgan fingerprint density at radius 2 is 1.63 bits per heavy atom. The molecule has 0 aromatic heterocycles. The van der Waals surface area contributed by atoms with E-state index >= 15 is 0 Å². The van der Waals surface area contributed by atoms with Crippen LogP contribution in [0.15, 0.2) is 47.4 Å². The number of hydrogen-bond donors (Lipinski definition) is 3. The van der Waals surface area contributed by atoms with E-state index in [1.54, 1.807) is 12.1 Å². The molecule has 27 heavy (non-hydrogen) atoms. The lowest BCUT2D eigenvalue weighted by atomic mass is 10.1. The summed E-state index contributed by atoms with van der Waals surface area (Å²) in [4.78, 5) is 23.1. The molecule has 2 amide bonds. The molecule has 0 unspecified atom stereocenters. The number of halogens is 2. The Labute approximate surface area is 167 Å². The van der Waals surface area contributed by atoms with Gasteiger partial charge in [0, 0.05) is 20.0 Å². The van der Waals surface area contributed by atoms with Crippen molar-refractivity contribution in [1.29, 1.82) is 0 Å². The van der Waals surface area contributed by atoms with Crippen LogP contribution in [0.5, 0.6) is 0 Å². The Kier molecular flexibility index (Phi) is 7.06. The zero-order valence-electron chi connectivity index (χ0n) is 14.3. The molecule has 0 fully saturated rings. The van der Waals surface area contributed by atoms with Gasteiger partial charge in [-0.15, -0.1) is 0 Å². The predicted molar refractivity (Wildman–Crippen MR) is 105 cm³/mol. The molecule has 0 spiro atoms. The molecule has 2 aromatic carbocycles. The first-order chi connectivity index (χ1) is 12.7. The van der Waals surface area contributed by atoms with Crippen LogP contribution >= 0.6 is 23.2 Å². The number of nitrogens with one attached hydrogen (secondary N) is 3. The van der Waals surface area contributed by atoms with Crippen molar-refractivity contribution in [2.75, 3.05) is 17.8 Å². The first-order valence-electron chi connectivity index (χ1n) is 7.80. The highest BCUT2D eigenvalue weighted by molar-refractivity contribution is 7.92. The average Bonchev–Trinajstić information content (AvgIpc) is 2.60. The van der Waals surface area contributed by atoms with Crippen LogP contribution in [0.25, 0.3) is 0 Å². The lowest BCUT2D eigenvalue weighted by Crippen LogP contribution is -2.34. The van der Waals surface area contributed by atoms with Crippen LogP contribution in [0, 0.1) is 0 Å². The van der Waals surface area contributed by atoms with Crippen LogP contribution < -0.4 is 15.4 Å². The summed E-state index contributed by atoms with van der Waals surface area (Å²) in [6.07, 6.45) is 0. The zero-order chi connectivity index (χ0) is 20.0. The van der Waals surface area contributed by atoms with Gasteiger partial charge in [-0.25, -0.2) is 8.42 Å². The Hall–Kier alpha value is -2.29. The van der Waals surface area contributed by atoms with E-state index in [1.165, 1.54) is 37.3 Å². The van der Waals surface area contributed by atoms with Crippen molar-refractivity contribution in [3.05, 3.63) is 58.1 Å². The first-order valence-corrected chi connectivity index (χ1v) is 10.0. The summed E-state index contributed by atoms with van der Waals surface area (Å²) >= 11 is 11.7. The van der Waals surface area contributed by atoms with E-state index in [1.807, 2.05) is 0 Å². The molecule has 3 N–H and O–H groups in total. The van der Waals surface area contributed by atoms with Gasteiger partial charge in [-0.3, -0.25) is 14.3 Å². The molecule has 0 aliphatic rings. The molecule has 7 nitrogen and oxygen atoms in total. The normalized spacial score (nSPS) is 10.9. The maximum absolute atomic E-state index is 12.6. The van der Waals surface area contributed by atoms with E-state index in [9.17, 15) is 18.0 Å². The van der Waals surface area contributed by atoms with E-state index < -0.39 is 15.9 Å². The summed E-state index contributed by atoms with van der Waals surface area (Å²) in [6.45, 7) is 1.83. The lowest BCUT2D eigenvalue weighted by molar-refractivity contribution is -0.118. The summed E-state index contributed by atoms with van der Waals surface area (Å²) in [5.74, 6) is -0.688. The van der Waals surface area contributed by atoms with Crippen molar-refractivity contribution in [1.82, 2.24) is 10.6 Å². The third-order valence-electron chi connectivity index (χ3n) is 3.40. The molecule has 2 rings (SSSR count). The summed E-state index contributed by atoms with van der Waals surface area (Å²) in [6, 6.07) is 10.1. The van der Waals surface area contributed by atoms with Gasteiger partial charge < -0.3 is 10.6 Å². The number of anilines is 1. The maximum atomic E-state index is 12.6. The highest BCUT2D eigenvalue weighted by Gasteiger charge is 2.19. The molecule has 0 radical (unpaired) electrons. The predicted octanol–water partition coefficient (Wildman–Crippen LogP) is 2.66. The minimum absolute atomic E-state index is 0.0854. The van der Waals surface area contributed by atoms with Gasteiger partial charge in [0.05, 0.1) is 26.2 Å². The van der Waals surface area contributed by atoms with Gasteiger partial charge in [-0.05, 0) is 30.3 Å². The second kappa shape index (κ2) is 9.07. The minimum Gasteiger partial charge on any atom is -0.355 e. The second-order valence-electron chi connectivity index (χ2n) is 5.47. The fourth-order valence-corrected chi connectivity index (χ4v) is 3.60. The Bertz CT molecular complexity index is 964. The van der Waals surface area contributed by atoms with Gasteiger partial charge in [-0.2, -0.15) is 0 Å². The summed E-state index contributed by atoms with van der Waals surface area (Å²) in [5, 5.41) is 5.49. The number of sulfonamides is 1. The number of amides is 2. The highest BCUT2D eigenvalue weighted by Crippen LogP contribution is 2.26. The fraction of sp³-hybridized carbons (Fsp3) is 0.176. The minimum atomic E-state index is -3.98. The average molecular weight is 430 g/mol. The largest absolute Gasteiger partial charge is 0.355 e. The van der Waals surface area contributed by atoms with Gasteiger partial charge >= 0.3 is 0 Å². The number of hydrogen-bond acceptors (Lipinski definition) is 4. The molecule has 0 bridgehead atoms. The van der Waals surface area contributed by atoms with E-state index in [2.05, 4.69) is 15.4 Å². The van der Waals surface area contributed by atoms with Gasteiger partial charge in [0.1, 0.15) is 0 Å². The molecule has 10 heteroatoms. The maximum Gasteiger partial charge on any atom is 0.261 e. The van der Waals surface area contributed by atoms with E-state index in [0.29, 0.717) is 0 Å². The van der Waals surface area contributed by atoms with Crippen molar-refractivity contribution in [2.24, 2.45) is 0 Å². The molecule has 2 aromatic rings. The fourth-order valence-electron chi connectivity index (χ4n) is 2.13. The van der Waals surface area contributed by atoms with Crippen molar-refractivity contribution in [3.8, 4) is 0 Å². The number of carbonyl (C=O) groups is 2. The van der Waals surface area contributed by atoms with Crippen molar-refractivity contribution in [2.45, 2.75) is 11.8 Å². The topological polar surface area (TPSA) is 104 Å². The van der Waals surface area contributed by atoms with Gasteiger partial charge in [0.25, 0.3) is 15.9 Å². The molecular weight excluding hydrogens is 413 g/mol. The van der Waals surface area contributed by atoms with Crippen molar-refractivity contribution in [3.63, 3.8) is 0 Å². The van der Waals surface area contributed by atoms with Crippen LogP contribution in [-0.2, 0) is 14.8 Å². The Morgan fingerprint density at radius 1 is 0.963 bits per heavy atom. The summed E-state index contributed by atoms with van der Waals surface area (Å²) in [7, 11) is -3.98. The molecule has 144 valence electrons. The van der Waals surface area contributed by atoms with Crippen molar-refractivity contribution < 1.29 is 18.0 Å². The summed E-state index contributed by atoms with van der Waals surface area (Å²) in [5.41, 5.74) is 0.254.